The van der Waals surface area contributed by atoms with Crippen molar-refractivity contribution in [3.8, 4) is 0 Å². The van der Waals surface area contributed by atoms with Crippen LogP contribution in [-0.2, 0) is 16.6 Å². The maximum Gasteiger partial charge on any atom is 0.241 e. The van der Waals surface area contributed by atoms with Gasteiger partial charge in [-0.05, 0) is 18.2 Å². The second-order valence-corrected chi connectivity index (χ2v) is 5.43. The van der Waals surface area contributed by atoms with E-state index in [1.807, 2.05) is 0 Å². The van der Waals surface area contributed by atoms with Gasteiger partial charge in [0.15, 0.2) is 0 Å². The van der Waals surface area contributed by atoms with Gasteiger partial charge in [-0.1, -0.05) is 0 Å². The van der Waals surface area contributed by atoms with Crippen LogP contribution in [0.25, 0.3) is 0 Å². The molecule has 0 fully saturated rings. The van der Waals surface area contributed by atoms with E-state index in [1.165, 1.54) is 24.5 Å². The van der Waals surface area contributed by atoms with Gasteiger partial charge in [0.25, 0.3) is 0 Å². The summed E-state index contributed by atoms with van der Waals surface area (Å²) in [7, 11) is -1.92. The van der Waals surface area contributed by atoms with E-state index in [9.17, 15) is 8.42 Å². The quantitative estimate of drug-likeness (QED) is 0.822. The summed E-state index contributed by atoms with van der Waals surface area (Å²) in [6, 6.07) is 6.28. The first-order valence-corrected chi connectivity index (χ1v) is 7.00. The van der Waals surface area contributed by atoms with Crippen LogP contribution in [0.3, 0.4) is 0 Å². The monoisotopic (exact) mass is 279 g/mol. The fraction of sp³-hybridized carbons (Fsp3) is 0.182. The molecule has 0 saturated carbocycles. The van der Waals surface area contributed by atoms with E-state index < -0.39 is 10.0 Å². The minimum Gasteiger partial charge on any atom is -0.373 e. The summed E-state index contributed by atoms with van der Waals surface area (Å²) in [5.41, 5.74) is 0.550. The Hall–Kier alpha value is -2.06. The van der Waals surface area contributed by atoms with Crippen LogP contribution in [-0.4, -0.2) is 30.6 Å². The molecule has 19 heavy (non-hydrogen) atoms. The molecule has 0 atom stereocenters. The van der Waals surface area contributed by atoms with Crippen molar-refractivity contribution < 1.29 is 8.42 Å². The number of anilines is 1. The molecule has 0 spiro atoms. The van der Waals surface area contributed by atoms with Gasteiger partial charge < -0.3 is 5.32 Å². The van der Waals surface area contributed by atoms with Crippen LogP contribution in [0.1, 0.15) is 5.69 Å². The van der Waals surface area contributed by atoms with Gasteiger partial charge in [0.05, 0.1) is 17.1 Å². The third-order valence-corrected chi connectivity index (χ3v) is 3.77. The summed E-state index contributed by atoms with van der Waals surface area (Å²) in [6.45, 7) is 0.0907. The number of nitrogens with one attached hydrogen (secondary N) is 2. The van der Waals surface area contributed by atoms with Gasteiger partial charge in [-0.15, -0.1) is 0 Å². The predicted molar refractivity (Wildman–Crippen MR) is 69.8 cm³/mol. The van der Waals surface area contributed by atoms with Crippen molar-refractivity contribution >= 4 is 15.8 Å². The fourth-order valence-corrected chi connectivity index (χ4v) is 2.41. The largest absolute Gasteiger partial charge is 0.373 e. The molecule has 0 unspecified atom stereocenters. The molecular weight excluding hydrogens is 266 g/mol. The topological polar surface area (TPSA) is 96.9 Å². The fourth-order valence-electron chi connectivity index (χ4n) is 1.40. The van der Waals surface area contributed by atoms with Crippen molar-refractivity contribution in [3.63, 3.8) is 0 Å². The second-order valence-electron chi connectivity index (χ2n) is 3.67. The standard InChI is InChI=1S/C11H13N5O2S/c1-12-11-7-10(4-6-13-11)19(17,18)15-8-9-3-2-5-14-16-9/h2-7,15H,8H2,1H3,(H,12,13). The zero-order valence-electron chi connectivity index (χ0n) is 10.2. The first kappa shape index (κ1) is 13.4. The number of pyridine rings is 1. The average Bonchev–Trinajstić information content (AvgIpc) is 2.46. The molecule has 2 rings (SSSR count). The predicted octanol–water partition coefficient (Wildman–Crippen LogP) is 0.392. The SMILES string of the molecule is CNc1cc(S(=O)(=O)NCc2cccnn2)ccn1. The van der Waals surface area contributed by atoms with Crippen molar-refractivity contribution in [1.29, 1.82) is 0 Å². The van der Waals surface area contributed by atoms with Crippen LogP contribution in [0.5, 0.6) is 0 Å². The van der Waals surface area contributed by atoms with Crippen LogP contribution in [0.15, 0.2) is 41.6 Å². The van der Waals surface area contributed by atoms with Gasteiger partial charge in [-0.3, -0.25) is 0 Å². The lowest BCUT2D eigenvalue weighted by Gasteiger charge is -2.07. The summed E-state index contributed by atoms with van der Waals surface area (Å²) in [5.74, 6) is 0.488. The summed E-state index contributed by atoms with van der Waals surface area (Å²) in [6.07, 6.45) is 2.96. The van der Waals surface area contributed by atoms with Crippen molar-refractivity contribution in [2.75, 3.05) is 12.4 Å². The molecule has 0 bridgehead atoms. The highest BCUT2D eigenvalue weighted by Gasteiger charge is 2.14. The lowest BCUT2D eigenvalue weighted by molar-refractivity contribution is 0.580. The number of nitrogens with zero attached hydrogens (tertiary/aromatic N) is 3. The van der Waals surface area contributed by atoms with E-state index in [0.29, 0.717) is 11.5 Å². The first-order valence-electron chi connectivity index (χ1n) is 5.52. The maximum absolute atomic E-state index is 12.1. The Balaban J connectivity index is 2.14. The Morgan fingerprint density at radius 1 is 1.26 bits per heavy atom. The van der Waals surface area contributed by atoms with Gasteiger partial charge in [-0.25, -0.2) is 18.1 Å². The smallest absolute Gasteiger partial charge is 0.241 e. The molecule has 0 aliphatic carbocycles. The molecule has 2 aromatic heterocycles. The van der Waals surface area contributed by atoms with Gasteiger partial charge in [0.2, 0.25) is 10.0 Å². The highest BCUT2D eigenvalue weighted by molar-refractivity contribution is 7.89. The number of aromatic nitrogens is 3. The van der Waals surface area contributed by atoms with E-state index in [0.717, 1.165) is 0 Å². The van der Waals surface area contributed by atoms with Crippen LogP contribution in [0.4, 0.5) is 5.82 Å². The summed E-state index contributed by atoms with van der Waals surface area (Å²) >= 11 is 0. The number of rotatable bonds is 5. The maximum atomic E-state index is 12.1. The summed E-state index contributed by atoms with van der Waals surface area (Å²) in [5, 5.41) is 10.3. The molecule has 0 aliphatic heterocycles. The Kier molecular flexibility index (Phi) is 4.03. The zero-order chi connectivity index (χ0) is 13.7. The highest BCUT2D eigenvalue weighted by Crippen LogP contribution is 2.12. The highest BCUT2D eigenvalue weighted by atomic mass is 32.2. The molecule has 2 aromatic rings. The third kappa shape index (κ3) is 3.46. The molecule has 2 heterocycles. The van der Waals surface area contributed by atoms with E-state index >= 15 is 0 Å². The lowest BCUT2D eigenvalue weighted by atomic mass is 10.4. The van der Waals surface area contributed by atoms with Crippen molar-refractivity contribution in [2.24, 2.45) is 0 Å². The molecule has 8 heteroatoms. The van der Waals surface area contributed by atoms with Crippen LogP contribution >= 0.6 is 0 Å². The lowest BCUT2D eigenvalue weighted by Crippen LogP contribution is -2.24. The zero-order valence-corrected chi connectivity index (χ0v) is 11.1. The normalized spacial score (nSPS) is 11.2. The molecule has 7 nitrogen and oxygen atoms in total. The molecular formula is C11H13N5O2S. The van der Waals surface area contributed by atoms with E-state index in [2.05, 4.69) is 25.2 Å². The minimum atomic E-state index is -3.59. The van der Waals surface area contributed by atoms with Gasteiger partial charge in [0.1, 0.15) is 5.82 Å². The van der Waals surface area contributed by atoms with Gasteiger partial charge in [-0.2, -0.15) is 10.2 Å². The number of sulfonamides is 1. The Bertz CT molecular complexity index is 645. The number of hydrogen-bond donors (Lipinski definition) is 2. The molecule has 0 aromatic carbocycles. The minimum absolute atomic E-state index is 0.0907. The van der Waals surface area contributed by atoms with Crippen molar-refractivity contribution in [2.45, 2.75) is 11.4 Å². The van der Waals surface area contributed by atoms with Gasteiger partial charge in [0, 0.05) is 25.5 Å². The third-order valence-electron chi connectivity index (χ3n) is 2.37. The molecule has 100 valence electrons. The molecule has 0 aliphatic rings. The van der Waals surface area contributed by atoms with Crippen molar-refractivity contribution in [3.05, 3.63) is 42.4 Å². The van der Waals surface area contributed by atoms with E-state index in [4.69, 9.17) is 0 Å². The van der Waals surface area contributed by atoms with Crippen LogP contribution in [0.2, 0.25) is 0 Å². The number of hydrogen-bond acceptors (Lipinski definition) is 6. The van der Waals surface area contributed by atoms with E-state index in [1.54, 1.807) is 19.2 Å². The average molecular weight is 279 g/mol. The van der Waals surface area contributed by atoms with Gasteiger partial charge >= 0.3 is 0 Å². The van der Waals surface area contributed by atoms with Crippen LogP contribution < -0.4 is 10.0 Å². The van der Waals surface area contributed by atoms with E-state index in [-0.39, 0.29) is 11.4 Å². The second kappa shape index (κ2) is 5.72. The Morgan fingerprint density at radius 3 is 2.79 bits per heavy atom. The molecule has 0 saturated heterocycles. The summed E-state index contributed by atoms with van der Waals surface area (Å²) < 4.78 is 26.6. The van der Waals surface area contributed by atoms with Crippen LogP contribution in [0, 0.1) is 0 Å². The molecule has 0 amide bonds. The first-order chi connectivity index (χ1) is 9.12. The van der Waals surface area contributed by atoms with Crippen molar-refractivity contribution in [1.82, 2.24) is 19.9 Å². The Morgan fingerprint density at radius 2 is 2.11 bits per heavy atom. The summed E-state index contributed by atoms with van der Waals surface area (Å²) in [4.78, 5) is 4.11. The molecule has 2 N–H and O–H groups in total. The Labute approximate surface area is 111 Å². The molecule has 0 radical (unpaired) electrons.